The zero-order valence-corrected chi connectivity index (χ0v) is 8.79. The van der Waals surface area contributed by atoms with E-state index in [4.69, 9.17) is 5.73 Å². The molecule has 1 amide bonds. The second kappa shape index (κ2) is 4.86. The molecule has 1 aromatic rings. The summed E-state index contributed by atoms with van der Waals surface area (Å²) in [5.41, 5.74) is 4.77. The molecule has 0 unspecified atom stereocenters. The van der Waals surface area contributed by atoms with E-state index in [2.05, 4.69) is 6.58 Å². The van der Waals surface area contributed by atoms with E-state index in [1.165, 1.54) is 24.3 Å². The summed E-state index contributed by atoms with van der Waals surface area (Å²) in [6, 6.07) is 4.19. The summed E-state index contributed by atoms with van der Waals surface area (Å²) in [4.78, 5) is 11.1. The largest absolute Gasteiger partial charge is 0.416 e. The van der Waals surface area contributed by atoms with Crippen molar-refractivity contribution in [2.75, 3.05) is 0 Å². The maximum atomic E-state index is 12.3. The molecule has 5 heteroatoms. The zero-order valence-electron chi connectivity index (χ0n) is 8.79. The normalized spacial score (nSPS) is 12.3. The molecule has 0 radical (unpaired) electrons. The summed E-state index contributed by atoms with van der Waals surface area (Å²) in [6.07, 6.45) is -1.70. The molecule has 0 aromatic heterocycles. The topological polar surface area (TPSA) is 43.1 Å². The maximum absolute atomic E-state index is 12.3. The van der Waals surface area contributed by atoms with Gasteiger partial charge in [0, 0.05) is 5.57 Å². The molecule has 0 aliphatic heterocycles. The average Bonchev–Trinajstić information content (AvgIpc) is 2.24. The molecule has 0 spiro atoms. The van der Waals surface area contributed by atoms with Gasteiger partial charge in [-0.05, 0) is 23.8 Å². The van der Waals surface area contributed by atoms with Crippen molar-refractivity contribution in [2.45, 2.75) is 6.18 Å². The van der Waals surface area contributed by atoms with Crippen LogP contribution in [0.3, 0.4) is 0 Å². The number of benzene rings is 1. The Labute approximate surface area is 96.2 Å². The zero-order chi connectivity index (χ0) is 13.1. The highest BCUT2D eigenvalue weighted by Gasteiger charge is 2.30. The number of carbonyl (C=O) groups excluding carboxylic acids is 1. The van der Waals surface area contributed by atoms with E-state index in [9.17, 15) is 18.0 Å². The fraction of sp³-hybridized carbons (Fsp3) is 0.0833. The van der Waals surface area contributed by atoms with E-state index in [0.717, 1.165) is 12.1 Å². The smallest absolute Gasteiger partial charge is 0.366 e. The number of allylic oxidation sites excluding steroid dienone is 2. The van der Waals surface area contributed by atoms with Crippen LogP contribution in [0.15, 0.2) is 43.0 Å². The minimum absolute atomic E-state index is 0.119. The van der Waals surface area contributed by atoms with Crippen LogP contribution in [0.1, 0.15) is 11.1 Å². The molecule has 0 fully saturated rings. The molecule has 90 valence electrons. The van der Waals surface area contributed by atoms with E-state index in [1.54, 1.807) is 0 Å². The fourth-order valence-electron chi connectivity index (χ4n) is 1.28. The third-order valence-electron chi connectivity index (χ3n) is 2.07. The quantitative estimate of drug-likeness (QED) is 0.641. The highest BCUT2D eigenvalue weighted by Crippen LogP contribution is 2.30. The van der Waals surface area contributed by atoms with Gasteiger partial charge in [-0.1, -0.05) is 24.8 Å². The van der Waals surface area contributed by atoms with Crippen molar-refractivity contribution in [2.24, 2.45) is 5.73 Å². The minimum Gasteiger partial charge on any atom is -0.366 e. The molecule has 2 nitrogen and oxygen atoms in total. The van der Waals surface area contributed by atoms with Gasteiger partial charge >= 0.3 is 6.18 Å². The Kier molecular flexibility index (Phi) is 3.73. The summed E-state index contributed by atoms with van der Waals surface area (Å²) in [6.45, 7) is 3.40. The Hall–Kier alpha value is -2.04. The van der Waals surface area contributed by atoms with Crippen LogP contribution in [0.5, 0.6) is 0 Å². The van der Waals surface area contributed by atoms with Crippen LogP contribution in [-0.2, 0) is 11.0 Å². The number of primary amides is 1. The summed E-state index contributed by atoms with van der Waals surface area (Å²) in [5.74, 6) is -0.718. The van der Waals surface area contributed by atoms with Crippen molar-refractivity contribution in [1.29, 1.82) is 0 Å². The van der Waals surface area contributed by atoms with Crippen LogP contribution in [0.4, 0.5) is 13.2 Å². The van der Waals surface area contributed by atoms with Crippen LogP contribution in [0, 0.1) is 0 Å². The Balaban J connectivity index is 3.14. The molecule has 0 aliphatic rings. The Bertz CT molecular complexity index is 458. The monoisotopic (exact) mass is 241 g/mol. The van der Waals surface area contributed by atoms with Crippen molar-refractivity contribution < 1.29 is 18.0 Å². The number of alkyl halides is 3. The number of hydrogen-bond donors (Lipinski definition) is 1. The number of nitrogens with two attached hydrogens (primary N) is 1. The summed E-state index contributed by atoms with van der Waals surface area (Å²) in [7, 11) is 0. The van der Waals surface area contributed by atoms with Gasteiger partial charge in [0.05, 0.1) is 5.56 Å². The predicted molar refractivity (Wildman–Crippen MR) is 58.8 cm³/mol. The lowest BCUT2D eigenvalue weighted by molar-refractivity contribution is -0.137. The number of rotatable bonds is 3. The van der Waals surface area contributed by atoms with Gasteiger partial charge in [-0.3, -0.25) is 4.79 Å². The molecule has 2 N–H and O–H groups in total. The van der Waals surface area contributed by atoms with Crippen LogP contribution in [0.2, 0.25) is 0 Å². The van der Waals surface area contributed by atoms with Gasteiger partial charge in [0.15, 0.2) is 0 Å². The number of amides is 1. The van der Waals surface area contributed by atoms with Gasteiger partial charge in [0.2, 0.25) is 5.91 Å². The van der Waals surface area contributed by atoms with Crippen molar-refractivity contribution in [3.05, 3.63) is 54.1 Å². The second-order valence-electron chi connectivity index (χ2n) is 3.26. The number of carbonyl (C=O) groups is 1. The molecule has 0 saturated heterocycles. The van der Waals surface area contributed by atoms with Crippen LogP contribution in [0.25, 0.3) is 5.57 Å². The third-order valence-corrected chi connectivity index (χ3v) is 2.07. The molecular formula is C12H10F3NO. The molecule has 0 heterocycles. The lowest BCUT2D eigenvalue weighted by Gasteiger charge is -2.08. The van der Waals surface area contributed by atoms with Gasteiger partial charge in [0.25, 0.3) is 0 Å². The molecule has 17 heavy (non-hydrogen) atoms. The standard InChI is InChI=1S/C12H10F3NO/c1-2-3-10(11(16)17)8-4-6-9(7-5-8)12(13,14)15/h2-7H,1H2,(H2,16,17). The fourth-order valence-corrected chi connectivity index (χ4v) is 1.28. The van der Waals surface area contributed by atoms with Gasteiger partial charge < -0.3 is 5.73 Å². The molecule has 1 aromatic carbocycles. The predicted octanol–water partition coefficient (Wildman–Crippen LogP) is 2.76. The summed E-state index contributed by atoms with van der Waals surface area (Å²) < 4.78 is 36.9. The van der Waals surface area contributed by atoms with Gasteiger partial charge in [-0.2, -0.15) is 13.2 Å². The molecular weight excluding hydrogens is 231 g/mol. The van der Waals surface area contributed by atoms with E-state index < -0.39 is 17.6 Å². The summed E-state index contributed by atoms with van der Waals surface area (Å²) >= 11 is 0. The molecule has 0 saturated carbocycles. The Morgan fingerprint density at radius 1 is 1.24 bits per heavy atom. The first-order valence-electron chi connectivity index (χ1n) is 4.66. The van der Waals surface area contributed by atoms with Crippen molar-refractivity contribution in [1.82, 2.24) is 0 Å². The van der Waals surface area contributed by atoms with E-state index in [-0.39, 0.29) is 5.57 Å². The van der Waals surface area contributed by atoms with Crippen LogP contribution >= 0.6 is 0 Å². The minimum atomic E-state index is -4.40. The third kappa shape index (κ3) is 3.21. The first kappa shape index (κ1) is 13.0. The highest BCUT2D eigenvalue weighted by molar-refractivity contribution is 6.19. The molecule has 0 aliphatic carbocycles. The first-order chi connectivity index (χ1) is 7.86. The SMILES string of the molecule is C=CC=C(C(N)=O)c1ccc(C(F)(F)F)cc1. The van der Waals surface area contributed by atoms with Gasteiger partial charge in [0.1, 0.15) is 0 Å². The highest BCUT2D eigenvalue weighted by atomic mass is 19.4. The Morgan fingerprint density at radius 3 is 2.12 bits per heavy atom. The summed E-state index contributed by atoms with van der Waals surface area (Å²) in [5, 5.41) is 0. The number of hydrogen-bond acceptors (Lipinski definition) is 1. The average molecular weight is 241 g/mol. The first-order valence-corrected chi connectivity index (χ1v) is 4.66. The van der Waals surface area contributed by atoms with Crippen molar-refractivity contribution >= 4 is 11.5 Å². The Morgan fingerprint density at radius 2 is 1.76 bits per heavy atom. The lowest BCUT2D eigenvalue weighted by Crippen LogP contribution is -2.13. The lowest BCUT2D eigenvalue weighted by atomic mass is 10.0. The number of halogens is 3. The maximum Gasteiger partial charge on any atom is 0.416 e. The van der Waals surface area contributed by atoms with Gasteiger partial charge in [-0.25, -0.2) is 0 Å². The molecule has 0 atom stereocenters. The van der Waals surface area contributed by atoms with Crippen molar-refractivity contribution in [3.8, 4) is 0 Å². The van der Waals surface area contributed by atoms with Gasteiger partial charge in [-0.15, -0.1) is 0 Å². The van der Waals surface area contributed by atoms with E-state index >= 15 is 0 Å². The van der Waals surface area contributed by atoms with Crippen molar-refractivity contribution in [3.63, 3.8) is 0 Å². The second-order valence-corrected chi connectivity index (χ2v) is 3.26. The molecule has 0 bridgehead atoms. The molecule has 1 rings (SSSR count). The van der Waals surface area contributed by atoms with Crippen LogP contribution in [-0.4, -0.2) is 5.91 Å². The van der Waals surface area contributed by atoms with E-state index in [0.29, 0.717) is 5.56 Å². The van der Waals surface area contributed by atoms with Crippen LogP contribution < -0.4 is 5.73 Å². The van der Waals surface area contributed by atoms with E-state index in [1.807, 2.05) is 0 Å².